The molecule has 7 rings (SSSR count). The number of alkyl carbamates (subject to hydrolysis) is 2. The Hall–Kier alpha value is -4.46. The van der Waals surface area contributed by atoms with Crippen LogP contribution in [0.25, 0.3) is 0 Å². The number of aliphatic hydroxyl groups excluding tert-OH is 3. The predicted molar refractivity (Wildman–Crippen MR) is 216 cm³/mol. The maximum atomic E-state index is 13.6. The second-order valence-corrected chi connectivity index (χ2v) is 15.7. The Morgan fingerprint density at radius 2 is 1.33 bits per heavy atom. The Bertz CT molecular complexity index is 1840. The van der Waals surface area contributed by atoms with Crippen molar-refractivity contribution in [3.8, 4) is 0 Å². The Balaban J connectivity index is 1.16. The zero-order valence-electron chi connectivity index (χ0n) is 34.2. The largest absolute Gasteiger partial charge is 0.445 e. The molecule has 3 aromatic carbocycles. The Kier molecular flexibility index (Phi) is 15.4. The van der Waals surface area contributed by atoms with Gasteiger partial charge in [0.1, 0.15) is 55.9 Å². The lowest BCUT2D eigenvalue weighted by Gasteiger charge is -2.50. The summed E-state index contributed by atoms with van der Waals surface area (Å²) in [6, 6.07) is 25.5. The zero-order chi connectivity index (χ0) is 42.9. The van der Waals surface area contributed by atoms with Crippen LogP contribution >= 0.6 is 0 Å². The topological polar surface area (TPSA) is 202 Å². The summed E-state index contributed by atoms with van der Waals surface area (Å²) in [5.74, 6) is -0.708. The quantitative estimate of drug-likeness (QED) is 0.137. The zero-order valence-corrected chi connectivity index (χ0v) is 34.2. The van der Waals surface area contributed by atoms with Crippen LogP contribution < -0.4 is 10.6 Å². The van der Waals surface area contributed by atoms with Crippen LogP contribution in [0.2, 0.25) is 0 Å². The number of carbonyl (C=O) groups excluding carboxylic acids is 2. The van der Waals surface area contributed by atoms with Crippen molar-refractivity contribution in [1.29, 1.82) is 0 Å². The van der Waals surface area contributed by atoms with E-state index in [4.69, 9.17) is 42.6 Å². The highest BCUT2D eigenvalue weighted by molar-refractivity contribution is 5.69. The first-order valence-corrected chi connectivity index (χ1v) is 20.8. The Labute approximate surface area is 355 Å². The van der Waals surface area contributed by atoms with Gasteiger partial charge in [-0.15, -0.1) is 6.58 Å². The van der Waals surface area contributed by atoms with Crippen molar-refractivity contribution in [1.82, 2.24) is 10.6 Å². The van der Waals surface area contributed by atoms with Crippen LogP contribution in [0.1, 0.15) is 49.7 Å². The van der Waals surface area contributed by atoms with E-state index in [-0.39, 0.29) is 32.8 Å². The number of ether oxygens (including phenoxy) is 9. The molecule has 4 fully saturated rings. The summed E-state index contributed by atoms with van der Waals surface area (Å²) < 4.78 is 55.2. The van der Waals surface area contributed by atoms with Gasteiger partial charge in [-0.1, -0.05) is 111 Å². The first-order chi connectivity index (χ1) is 29.6. The fourth-order valence-corrected chi connectivity index (χ4v) is 8.12. The van der Waals surface area contributed by atoms with Gasteiger partial charge in [-0.05, 0) is 24.0 Å². The number of amides is 2. The average molecular weight is 849 g/mol. The van der Waals surface area contributed by atoms with Crippen LogP contribution in [0, 0.1) is 5.92 Å². The molecule has 5 N–H and O–H groups in total. The molecule has 0 radical (unpaired) electrons. The standard InChI is InChI=1S/C45H56N2O14/c1-4-21-53-40-36(50)32(5-2)57-43(40)61-39-35(49)30(46-44(51)55-23-27-15-9-6-10-16-27)22-31(47-45(52)56-24-28-17-11-7-12-18-28)37(39)59-41-26(3)34(48)38-33(58-41)25-54-42(60-38)29-19-13-8-14-20-29/h4,6-20,26,30-43,48-50H,1,5,21-25H2,2-3H3,(H,46,51)(H,47,52). The molecule has 61 heavy (non-hydrogen) atoms. The number of aliphatic hydroxyl groups is 3. The molecule has 15 unspecified atom stereocenters. The maximum Gasteiger partial charge on any atom is 0.407 e. The van der Waals surface area contributed by atoms with Crippen molar-refractivity contribution in [2.45, 2.75) is 126 Å². The lowest BCUT2D eigenvalue weighted by Crippen LogP contribution is -2.68. The molecule has 4 aliphatic rings. The van der Waals surface area contributed by atoms with Crippen LogP contribution in [-0.2, 0) is 55.8 Å². The minimum absolute atomic E-state index is 0.0376. The maximum absolute atomic E-state index is 13.6. The normalized spacial score (nSPS) is 34.7. The van der Waals surface area contributed by atoms with Crippen LogP contribution in [0.3, 0.4) is 0 Å². The van der Waals surface area contributed by atoms with Gasteiger partial charge in [0, 0.05) is 11.5 Å². The second-order valence-electron chi connectivity index (χ2n) is 15.7. The molecule has 2 amide bonds. The molecular weight excluding hydrogens is 792 g/mol. The first-order valence-electron chi connectivity index (χ1n) is 20.8. The number of nitrogens with one attached hydrogen (secondary N) is 2. The van der Waals surface area contributed by atoms with Gasteiger partial charge in [0.2, 0.25) is 0 Å². The van der Waals surface area contributed by atoms with Gasteiger partial charge in [-0.3, -0.25) is 0 Å². The van der Waals surface area contributed by atoms with Crippen LogP contribution in [-0.4, -0.2) is 120 Å². The number of benzene rings is 3. The Morgan fingerprint density at radius 3 is 1.93 bits per heavy atom. The minimum atomic E-state index is -1.52. The third kappa shape index (κ3) is 11.0. The molecule has 1 aliphatic carbocycles. The lowest BCUT2D eigenvalue weighted by molar-refractivity contribution is -0.366. The van der Waals surface area contributed by atoms with E-state index in [0.717, 1.165) is 16.7 Å². The van der Waals surface area contributed by atoms with Crippen LogP contribution in [0.4, 0.5) is 9.59 Å². The number of fused-ring (bicyclic) bond motifs is 1. The van der Waals surface area contributed by atoms with Crippen molar-refractivity contribution < 1.29 is 67.5 Å². The van der Waals surface area contributed by atoms with E-state index in [1.54, 1.807) is 19.1 Å². The monoisotopic (exact) mass is 848 g/mol. The Morgan fingerprint density at radius 1 is 0.738 bits per heavy atom. The van der Waals surface area contributed by atoms with Gasteiger partial charge in [0.05, 0.1) is 37.5 Å². The molecule has 3 heterocycles. The van der Waals surface area contributed by atoms with Crippen molar-refractivity contribution in [2.24, 2.45) is 5.92 Å². The van der Waals surface area contributed by atoms with Gasteiger partial charge in [-0.2, -0.15) is 0 Å². The summed E-state index contributed by atoms with van der Waals surface area (Å²) in [7, 11) is 0. The highest BCUT2D eigenvalue weighted by Crippen LogP contribution is 2.39. The van der Waals surface area contributed by atoms with Gasteiger partial charge in [0.25, 0.3) is 0 Å². The summed E-state index contributed by atoms with van der Waals surface area (Å²) in [5.41, 5.74) is 2.29. The van der Waals surface area contributed by atoms with E-state index in [2.05, 4.69) is 17.2 Å². The smallest absolute Gasteiger partial charge is 0.407 e. The molecule has 16 heteroatoms. The highest BCUT2D eigenvalue weighted by Gasteiger charge is 2.55. The summed E-state index contributed by atoms with van der Waals surface area (Å²) in [6.45, 7) is 7.34. The molecule has 3 aromatic rings. The fraction of sp³-hybridized carbons (Fsp3) is 0.511. The number of hydrogen-bond acceptors (Lipinski definition) is 14. The molecule has 0 spiro atoms. The second kappa shape index (κ2) is 21.1. The van der Waals surface area contributed by atoms with Gasteiger partial charge >= 0.3 is 12.2 Å². The van der Waals surface area contributed by atoms with E-state index in [1.807, 2.05) is 85.8 Å². The molecule has 16 nitrogen and oxygen atoms in total. The first kappa shape index (κ1) is 44.6. The van der Waals surface area contributed by atoms with Crippen molar-refractivity contribution in [3.63, 3.8) is 0 Å². The number of rotatable bonds is 15. The van der Waals surface area contributed by atoms with Gasteiger partial charge in [0.15, 0.2) is 18.9 Å². The van der Waals surface area contributed by atoms with E-state index < -0.39 is 104 Å². The van der Waals surface area contributed by atoms with E-state index in [0.29, 0.717) is 6.42 Å². The molecule has 0 aromatic heterocycles. The van der Waals surface area contributed by atoms with Crippen molar-refractivity contribution >= 4 is 12.2 Å². The fourth-order valence-electron chi connectivity index (χ4n) is 8.12. The molecule has 1 saturated carbocycles. The molecular formula is C45H56N2O14. The molecule has 330 valence electrons. The summed E-state index contributed by atoms with van der Waals surface area (Å²) >= 11 is 0. The third-order valence-corrected chi connectivity index (χ3v) is 11.4. The summed E-state index contributed by atoms with van der Waals surface area (Å²) in [6.07, 6.45) is -12.4. The van der Waals surface area contributed by atoms with E-state index in [1.165, 1.54) is 6.08 Å². The average Bonchev–Trinajstić information content (AvgIpc) is 3.59. The molecule has 3 saturated heterocycles. The molecule has 0 bridgehead atoms. The third-order valence-electron chi connectivity index (χ3n) is 11.4. The van der Waals surface area contributed by atoms with Crippen molar-refractivity contribution in [3.05, 3.63) is 120 Å². The summed E-state index contributed by atoms with van der Waals surface area (Å²) in [4.78, 5) is 26.9. The number of carbonyl (C=O) groups is 2. The SMILES string of the molecule is C=CCOC1C(OC2C(O)C(NC(=O)OCc3ccccc3)CC(NC(=O)OCc3ccccc3)C2OC2OC3COC(c4ccccc4)OC3C(O)C2C)OC(CC)C1O. The lowest BCUT2D eigenvalue weighted by atomic mass is 9.83. The number of hydrogen-bond donors (Lipinski definition) is 5. The van der Waals surface area contributed by atoms with Crippen molar-refractivity contribution in [2.75, 3.05) is 13.2 Å². The van der Waals surface area contributed by atoms with Crippen LogP contribution in [0.5, 0.6) is 0 Å². The minimum Gasteiger partial charge on any atom is -0.445 e. The van der Waals surface area contributed by atoms with Gasteiger partial charge < -0.3 is 68.6 Å². The molecule has 15 atom stereocenters. The van der Waals surface area contributed by atoms with Gasteiger partial charge in [-0.25, -0.2) is 9.59 Å². The van der Waals surface area contributed by atoms with Crippen LogP contribution in [0.15, 0.2) is 104 Å². The highest BCUT2D eigenvalue weighted by atomic mass is 16.8. The van der Waals surface area contributed by atoms with E-state index >= 15 is 0 Å². The summed E-state index contributed by atoms with van der Waals surface area (Å²) in [5, 5.41) is 40.7. The molecule has 3 aliphatic heterocycles. The predicted octanol–water partition coefficient (Wildman–Crippen LogP) is 4.01. The van der Waals surface area contributed by atoms with E-state index in [9.17, 15) is 24.9 Å².